The monoisotopic (exact) mass is 442 g/mol. The Morgan fingerprint density at radius 1 is 1.12 bits per heavy atom. The molecule has 11 heteroatoms. The quantitative estimate of drug-likeness (QED) is 0.454. The maximum absolute atomic E-state index is 14.8. The van der Waals surface area contributed by atoms with Crippen LogP contribution in [0.5, 0.6) is 0 Å². The number of anilines is 1. The number of cyclic esters (lactones) is 1. The van der Waals surface area contributed by atoms with Crippen molar-refractivity contribution < 1.29 is 13.9 Å². The number of H-pyrrole nitrogens is 1. The summed E-state index contributed by atoms with van der Waals surface area (Å²) in [6, 6.07) is 11.5. The van der Waals surface area contributed by atoms with Crippen molar-refractivity contribution in [1.29, 1.82) is 0 Å². The normalized spacial score (nSPS) is 15.8. The number of hydrogen-bond donors (Lipinski definition) is 1. The van der Waals surface area contributed by atoms with Gasteiger partial charge < -0.3 is 4.74 Å². The molecule has 1 aliphatic rings. The van der Waals surface area contributed by atoms with Gasteiger partial charge in [-0.05, 0) is 35.9 Å². The summed E-state index contributed by atoms with van der Waals surface area (Å²) in [6.07, 6.45) is 5.84. The molecule has 0 aliphatic carbocycles. The Bertz CT molecular complexity index is 1470. The van der Waals surface area contributed by atoms with Crippen molar-refractivity contribution in [1.82, 2.24) is 34.8 Å². The molecule has 0 bridgehead atoms. The van der Waals surface area contributed by atoms with E-state index in [2.05, 4.69) is 30.2 Å². The summed E-state index contributed by atoms with van der Waals surface area (Å²) in [6.45, 7) is 0.169. The number of pyridine rings is 1. The van der Waals surface area contributed by atoms with E-state index >= 15 is 0 Å². The molecule has 0 radical (unpaired) electrons. The first kappa shape index (κ1) is 19.0. The number of benzene rings is 1. The number of amides is 1. The molecular formula is C22H15FN8O2. The van der Waals surface area contributed by atoms with Crippen molar-refractivity contribution in [3.63, 3.8) is 0 Å². The number of carbonyl (C=O) groups is 1. The summed E-state index contributed by atoms with van der Waals surface area (Å²) < 4.78 is 21.6. The standard InChI is InChI=1S/C22H15FN8O2/c23-16-9-13(4-5-14(16)20-25-12-26-29-20)15-10-27-30-8-6-19(28-21(15)30)31-18(11-33-22(31)32)17-3-1-2-7-24-17/h1-10,12,18H,11H2,(H,25,26,29)/t18-/m1/s1. The van der Waals surface area contributed by atoms with Gasteiger partial charge in [-0.3, -0.25) is 10.1 Å². The summed E-state index contributed by atoms with van der Waals surface area (Å²) in [4.78, 5) is 27.0. The van der Waals surface area contributed by atoms with E-state index in [-0.39, 0.29) is 18.0 Å². The van der Waals surface area contributed by atoms with Crippen LogP contribution in [0.15, 0.2) is 67.4 Å². The lowest BCUT2D eigenvalue weighted by Crippen LogP contribution is -2.28. The molecule has 5 aromatic rings. The van der Waals surface area contributed by atoms with Crippen molar-refractivity contribution in [2.24, 2.45) is 0 Å². The number of aromatic nitrogens is 7. The smallest absolute Gasteiger partial charge is 0.416 e. The van der Waals surface area contributed by atoms with E-state index in [0.29, 0.717) is 28.3 Å². The molecule has 6 rings (SSSR count). The summed E-state index contributed by atoms with van der Waals surface area (Å²) in [5.41, 5.74) is 2.64. The molecule has 4 aromatic heterocycles. The zero-order valence-corrected chi connectivity index (χ0v) is 17.0. The van der Waals surface area contributed by atoms with Crippen LogP contribution < -0.4 is 4.90 Å². The highest BCUT2D eigenvalue weighted by molar-refractivity contribution is 5.90. The fraction of sp³-hybridized carbons (Fsp3) is 0.0909. The highest BCUT2D eigenvalue weighted by atomic mass is 19.1. The molecule has 1 fully saturated rings. The second kappa shape index (κ2) is 7.48. The second-order valence-electron chi connectivity index (χ2n) is 7.35. The van der Waals surface area contributed by atoms with Crippen molar-refractivity contribution in [3.8, 4) is 22.5 Å². The second-order valence-corrected chi connectivity index (χ2v) is 7.35. The van der Waals surface area contributed by atoms with Crippen LogP contribution in [0, 0.1) is 5.82 Å². The van der Waals surface area contributed by atoms with E-state index in [4.69, 9.17) is 4.74 Å². The van der Waals surface area contributed by atoms with Crippen molar-refractivity contribution >= 4 is 17.6 Å². The molecule has 1 N–H and O–H groups in total. The van der Waals surface area contributed by atoms with E-state index in [1.807, 2.05) is 12.1 Å². The molecule has 0 spiro atoms. The molecule has 1 aliphatic heterocycles. The number of carbonyl (C=O) groups excluding carboxylic acids is 1. The predicted molar refractivity (Wildman–Crippen MR) is 115 cm³/mol. The summed E-state index contributed by atoms with van der Waals surface area (Å²) >= 11 is 0. The van der Waals surface area contributed by atoms with Crippen LogP contribution in [0.2, 0.25) is 0 Å². The van der Waals surface area contributed by atoms with Gasteiger partial charge in [0.15, 0.2) is 11.5 Å². The van der Waals surface area contributed by atoms with Crippen LogP contribution in [0.25, 0.3) is 28.2 Å². The van der Waals surface area contributed by atoms with Gasteiger partial charge in [0.2, 0.25) is 0 Å². The number of halogens is 1. The largest absolute Gasteiger partial charge is 0.446 e. The molecule has 162 valence electrons. The number of rotatable bonds is 4. The van der Waals surface area contributed by atoms with Crippen LogP contribution in [0.4, 0.5) is 15.0 Å². The molecule has 0 unspecified atom stereocenters. The Kier molecular flexibility index (Phi) is 4.32. The summed E-state index contributed by atoms with van der Waals surface area (Å²) in [5.74, 6) is 0.189. The minimum atomic E-state index is -0.509. The molecule has 5 heterocycles. The first-order valence-corrected chi connectivity index (χ1v) is 10.1. The van der Waals surface area contributed by atoms with Crippen molar-refractivity contribution in [3.05, 3.63) is 78.9 Å². The molecular weight excluding hydrogens is 427 g/mol. The molecule has 33 heavy (non-hydrogen) atoms. The van der Waals surface area contributed by atoms with Gasteiger partial charge >= 0.3 is 6.09 Å². The molecule has 1 saturated heterocycles. The van der Waals surface area contributed by atoms with Crippen LogP contribution >= 0.6 is 0 Å². The topological polar surface area (TPSA) is 114 Å². The van der Waals surface area contributed by atoms with Gasteiger partial charge in [-0.25, -0.2) is 28.6 Å². The first-order chi connectivity index (χ1) is 16.2. The fourth-order valence-corrected chi connectivity index (χ4v) is 3.87. The van der Waals surface area contributed by atoms with Crippen LogP contribution in [-0.4, -0.2) is 47.5 Å². The van der Waals surface area contributed by atoms with Gasteiger partial charge in [0.1, 0.15) is 30.6 Å². The van der Waals surface area contributed by atoms with Crippen molar-refractivity contribution in [2.45, 2.75) is 6.04 Å². The average Bonchev–Trinajstić information content (AvgIpc) is 3.59. The molecule has 1 atom stereocenters. The van der Waals surface area contributed by atoms with Gasteiger partial charge in [-0.15, -0.1) is 0 Å². The lowest BCUT2D eigenvalue weighted by Gasteiger charge is -2.20. The fourth-order valence-electron chi connectivity index (χ4n) is 3.87. The van der Waals surface area contributed by atoms with Crippen LogP contribution in [0.3, 0.4) is 0 Å². The first-order valence-electron chi connectivity index (χ1n) is 10.1. The van der Waals surface area contributed by atoms with Gasteiger partial charge in [-0.1, -0.05) is 12.1 Å². The third-order valence-electron chi connectivity index (χ3n) is 5.44. The lowest BCUT2D eigenvalue weighted by molar-refractivity contribution is 0.178. The summed E-state index contributed by atoms with van der Waals surface area (Å²) in [7, 11) is 0. The number of ether oxygens (including phenoxy) is 1. The zero-order chi connectivity index (χ0) is 22.4. The third-order valence-corrected chi connectivity index (χ3v) is 5.44. The van der Waals surface area contributed by atoms with Gasteiger partial charge in [0, 0.05) is 18.0 Å². The van der Waals surface area contributed by atoms with E-state index in [1.54, 1.807) is 47.4 Å². The molecule has 1 amide bonds. The van der Waals surface area contributed by atoms with E-state index in [0.717, 1.165) is 0 Å². The highest BCUT2D eigenvalue weighted by Gasteiger charge is 2.37. The SMILES string of the molecule is O=C1OC[C@H](c2ccccn2)N1c1ccn2ncc(-c3ccc(-c4nc[nH]n4)c(F)c3)c2n1. The lowest BCUT2D eigenvalue weighted by atomic mass is 10.1. The molecule has 1 aromatic carbocycles. The van der Waals surface area contributed by atoms with E-state index < -0.39 is 18.0 Å². The number of hydrogen-bond acceptors (Lipinski definition) is 7. The number of nitrogens with zero attached hydrogens (tertiary/aromatic N) is 7. The maximum Gasteiger partial charge on any atom is 0.416 e. The minimum Gasteiger partial charge on any atom is -0.446 e. The highest BCUT2D eigenvalue weighted by Crippen LogP contribution is 2.33. The Hall–Kier alpha value is -4.67. The Balaban J connectivity index is 1.41. The van der Waals surface area contributed by atoms with E-state index in [9.17, 15) is 9.18 Å². The van der Waals surface area contributed by atoms with Crippen LogP contribution in [0.1, 0.15) is 11.7 Å². The maximum atomic E-state index is 14.8. The number of fused-ring (bicyclic) bond motifs is 1. The van der Waals surface area contributed by atoms with E-state index in [1.165, 1.54) is 17.3 Å². The zero-order valence-electron chi connectivity index (χ0n) is 17.0. The van der Waals surface area contributed by atoms with Gasteiger partial charge in [0.05, 0.1) is 17.5 Å². The van der Waals surface area contributed by atoms with Crippen LogP contribution in [-0.2, 0) is 4.74 Å². The third kappa shape index (κ3) is 3.17. The van der Waals surface area contributed by atoms with Gasteiger partial charge in [0.25, 0.3) is 0 Å². The minimum absolute atomic E-state index is 0.169. The Morgan fingerprint density at radius 3 is 2.85 bits per heavy atom. The Morgan fingerprint density at radius 2 is 2.06 bits per heavy atom. The number of nitrogens with one attached hydrogen (secondary N) is 1. The predicted octanol–water partition coefficient (Wildman–Crippen LogP) is 3.41. The number of aromatic amines is 1. The average molecular weight is 442 g/mol. The molecule has 0 saturated carbocycles. The van der Waals surface area contributed by atoms with Gasteiger partial charge in [-0.2, -0.15) is 10.2 Å². The van der Waals surface area contributed by atoms with Crippen molar-refractivity contribution in [2.75, 3.05) is 11.5 Å². The molecule has 10 nitrogen and oxygen atoms in total. The Labute approximate surface area is 185 Å². The summed E-state index contributed by atoms with van der Waals surface area (Å²) in [5, 5.41) is 10.8.